The van der Waals surface area contributed by atoms with Crippen molar-refractivity contribution in [2.45, 2.75) is 12.7 Å². The second-order valence-corrected chi connectivity index (χ2v) is 4.06. The van der Waals surface area contributed by atoms with E-state index < -0.39 is 17.6 Å². The van der Waals surface area contributed by atoms with E-state index in [2.05, 4.69) is 5.32 Å². The van der Waals surface area contributed by atoms with Gasteiger partial charge in [-0.05, 0) is 35.9 Å². The minimum absolute atomic E-state index is 0.202. The molecule has 0 aliphatic carbocycles. The lowest BCUT2D eigenvalue weighted by Gasteiger charge is -2.10. The van der Waals surface area contributed by atoms with Gasteiger partial charge in [0.1, 0.15) is 5.82 Å². The zero-order valence-electron chi connectivity index (χ0n) is 9.84. The van der Waals surface area contributed by atoms with E-state index in [0.29, 0.717) is 11.3 Å². The average molecular weight is 269 g/mol. The molecular formula is C14H11F4N. The quantitative estimate of drug-likeness (QED) is 0.811. The Labute approximate surface area is 107 Å². The van der Waals surface area contributed by atoms with E-state index in [1.165, 1.54) is 24.3 Å². The number of halogens is 4. The van der Waals surface area contributed by atoms with Gasteiger partial charge in [-0.15, -0.1) is 0 Å². The lowest BCUT2D eigenvalue weighted by atomic mass is 10.1. The van der Waals surface area contributed by atoms with Crippen molar-refractivity contribution < 1.29 is 17.6 Å². The molecule has 19 heavy (non-hydrogen) atoms. The fourth-order valence-electron chi connectivity index (χ4n) is 1.66. The SMILES string of the molecule is Fc1cccc(NCc2cccc(C(F)(F)F)c2)c1. The van der Waals surface area contributed by atoms with Gasteiger partial charge in [0.2, 0.25) is 0 Å². The molecule has 2 aromatic rings. The summed E-state index contributed by atoms with van der Waals surface area (Å²) >= 11 is 0. The van der Waals surface area contributed by atoms with Crippen molar-refractivity contribution in [2.75, 3.05) is 5.32 Å². The molecule has 100 valence electrons. The lowest BCUT2D eigenvalue weighted by molar-refractivity contribution is -0.137. The van der Waals surface area contributed by atoms with Gasteiger partial charge in [0.15, 0.2) is 0 Å². The highest BCUT2D eigenvalue weighted by Gasteiger charge is 2.30. The van der Waals surface area contributed by atoms with Crippen LogP contribution in [0.15, 0.2) is 48.5 Å². The van der Waals surface area contributed by atoms with Gasteiger partial charge in [-0.25, -0.2) is 4.39 Å². The van der Waals surface area contributed by atoms with Crippen molar-refractivity contribution in [3.63, 3.8) is 0 Å². The van der Waals surface area contributed by atoms with Gasteiger partial charge in [0.25, 0.3) is 0 Å². The van der Waals surface area contributed by atoms with Crippen LogP contribution in [-0.2, 0) is 12.7 Å². The Bertz CT molecular complexity index is 563. The van der Waals surface area contributed by atoms with Crippen LogP contribution in [0.5, 0.6) is 0 Å². The molecule has 0 saturated heterocycles. The molecule has 2 aromatic carbocycles. The van der Waals surface area contributed by atoms with Crippen LogP contribution in [0.1, 0.15) is 11.1 Å². The van der Waals surface area contributed by atoms with Gasteiger partial charge >= 0.3 is 6.18 Å². The van der Waals surface area contributed by atoms with E-state index in [4.69, 9.17) is 0 Å². The fraction of sp³-hybridized carbons (Fsp3) is 0.143. The normalized spacial score (nSPS) is 11.4. The number of anilines is 1. The molecule has 1 N–H and O–H groups in total. The van der Waals surface area contributed by atoms with Crippen molar-refractivity contribution in [3.8, 4) is 0 Å². The predicted molar refractivity (Wildman–Crippen MR) is 65.2 cm³/mol. The number of hydrogen-bond acceptors (Lipinski definition) is 1. The smallest absolute Gasteiger partial charge is 0.381 e. The Kier molecular flexibility index (Phi) is 3.74. The highest BCUT2D eigenvalue weighted by atomic mass is 19.4. The summed E-state index contributed by atoms with van der Waals surface area (Å²) in [4.78, 5) is 0. The molecule has 0 aliphatic rings. The van der Waals surface area contributed by atoms with Gasteiger partial charge in [-0.3, -0.25) is 0 Å². The molecule has 0 amide bonds. The van der Waals surface area contributed by atoms with E-state index in [-0.39, 0.29) is 6.54 Å². The van der Waals surface area contributed by atoms with Crippen LogP contribution < -0.4 is 5.32 Å². The van der Waals surface area contributed by atoms with Gasteiger partial charge in [0, 0.05) is 12.2 Å². The van der Waals surface area contributed by atoms with E-state index in [0.717, 1.165) is 12.1 Å². The van der Waals surface area contributed by atoms with Crippen LogP contribution in [-0.4, -0.2) is 0 Å². The largest absolute Gasteiger partial charge is 0.416 e. The molecule has 2 rings (SSSR count). The summed E-state index contributed by atoms with van der Waals surface area (Å²) in [5.74, 6) is -0.394. The van der Waals surface area contributed by atoms with Crippen molar-refractivity contribution in [1.82, 2.24) is 0 Å². The second-order valence-electron chi connectivity index (χ2n) is 4.06. The molecule has 0 radical (unpaired) electrons. The van der Waals surface area contributed by atoms with Crippen molar-refractivity contribution >= 4 is 5.69 Å². The maximum Gasteiger partial charge on any atom is 0.416 e. The van der Waals surface area contributed by atoms with E-state index in [1.54, 1.807) is 12.1 Å². The van der Waals surface area contributed by atoms with Gasteiger partial charge in [0.05, 0.1) is 5.56 Å². The summed E-state index contributed by atoms with van der Waals surface area (Å²) in [7, 11) is 0. The van der Waals surface area contributed by atoms with Crippen LogP contribution in [0.4, 0.5) is 23.2 Å². The van der Waals surface area contributed by atoms with Gasteiger partial charge < -0.3 is 5.32 Å². The first kappa shape index (κ1) is 13.4. The summed E-state index contributed by atoms with van der Waals surface area (Å²) in [6, 6.07) is 10.8. The van der Waals surface area contributed by atoms with Crippen molar-refractivity contribution in [3.05, 3.63) is 65.5 Å². The Hall–Kier alpha value is -2.04. The third kappa shape index (κ3) is 3.71. The first-order chi connectivity index (χ1) is 8.95. The highest BCUT2D eigenvalue weighted by molar-refractivity contribution is 5.44. The Morgan fingerprint density at radius 2 is 1.68 bits per heavy atom. The van der Waals surface area contributed by atoms with Crippen molar-refractivity contribution in [1.29, 1.82) is 0 Å². The summed E-state index contributed by atoms with van der Waals surface area (Å²) < 4.78 is 50.5. The number of hydrogen-bond donors (Lipinski definition) is 1. The van der Waals surface area contributed by atoms with E-state index in [9.17, 15) is 17.6 Å². The van der Waals surface area contributed by atoms with Gasteiger partial charge in [-0.1, -0.05) is 18.2 Å². The summed E-state index contributed by atoms with van der Waals surface area (Å²) in [6.07, 6.45) is -4.35. The molecule has 0 unspecified atom stereocenters. The minimum Gasteiger partial charge on any atom is -0.381 e. The first-order valence-corrected chi connectivity index (χ1v) is 5.61. The number of benzene rings is 2. The van der Waals surface area contributed by atoms with Crippen LogP contribution in [0.2, 0.25) is 0 Å². The summed E-state index contributed by atoms with van der Waals surface area (Å²) in [5, 5.41) is 2.87. The lowest BCUT2D eigenvalue weighted by Crippen LogP contribution is -2.06. The van der Waals surface area contributed by atoms with E-state index >= 15 is 0 Å². The van der Waals surface area contributed by atoms with E-state index in [1.807, 2.05) is 0 Å². The van der Waals surface area contributed by atoms with Crippen LogP contribution in [0.25, 0.3) is 0 Å². The standard InChI is InChI=1S/C14H11F4N/c15-12-5-2-6-13(8-12)19-9-10-3-1-4-11(7-10)14(16,17)18/h1-8,19H,9H2. The summed E-state index contributed by atoms with van der Waals surface area (Å²) in [5.41, 5.74) is 0.322. The number of nitrogens with one attached hydrogen (secondary N) is 1. The van der Waals surface area contributed by atoms with Gasteiger partial charge in [-0.2, -0.15) is 13.2 Å². The fourth-order valence-corrected chi connectivity index (χ4v) is 1.66. The predicted octanol–water partition coefficient (Wildman–Crippen LogP) is 4.46. The Balaban J connectivity index is 2.08. The zero-order valence-corrected chi connectivity index (χ0v) is 9.84. The molecule has 5 heteroatoms. The number of alkyl halides is 3. The van der Waals surface area contributed by atoms with Crippen LogP contribution in [0, 0.1) is 5.82 Å². The molecule has 1 nitrogen and oxygen atoms in total. The Morgan fingerprint density at radius 3 is 2.37 bits per heavy atom. The van der Waals surface area contributed by atoms with Crippen molar-refractivity contribution in [2.24, 2.45) is 0 Å². The molecule has 0 aromatic heterocycles. The van der Waals surface area contributed by atoms with Crippen LogP contribution >= 0.6 is 0 Å². The first-order valence-electron chi connectivity index (χ1n) is 5.61. The highest BCUT2D eigenvalue weighted by Crippen LogP contribution is 2.29. The topological polar surface area (TPSA) is 12.0 Å². The molecule has 0 heterocycles. The third-order valence-electron chi connectivity index (χ3n) is 2.58. The Morgan fingerprint density at radius 1 is 0.947 bits per heavy atom. The molecular weight excluding hydrogens is 258 g/mol. The minimum atomic E-state index is -4.35. The average Bonchev–Trinajstić information content (AvgIpc) is 2.36. The molecule has 0 aliphatic heterocycles. The molecule has 0 atom stereocenters. The monoisotopic (exact) mass is 269 g/mol. The molecule has 0 spiro atoms. The zero-order chi connectivity index (χ0) is 13.9. The maximum absolute atomic E-state index is 12.9. The second kappa shape index (κ2) is 5.30. The molecule has 0 bridgehead atoms. The summed E-state index contributed by atoms with van der Waals surface area (Å²) in [6.45, 7) is 0.202. The molecule has 0 fully saturated rings. The van der Waals surface area contributed by atoms with Crippen LogP contribution in [0.3, 0.4) is 0 Å². The maximum atomic E-state index is 12.9. The number of rotatable bonds is 3. The third-order valence-corrected chi connectivity index (χ3v) is 2.58. The molecule has 0 saturated carbocycles.